The van der Waals surface area contributed by atoms with Gasteiger partial charge in [-0.3, -0.25) is 9.89 Å². The van der Waals surface area contributed by atoms with Crippen LogP contribution < -0.4 is 0 Å². The van der Waals surface area contributed by atoms with Gasteiger partial charge in [0, 0.05) is 12.6 Å². The van der Waals surface area contributed by atoms with Crippen molar-refractivity contribution < 1.29 is 14.7 Å². The Kier molecular flexibility index (Phi) is 2.37. The second-order valence-corrected chi connectivity index (χ2v) is 6.49. The third-order valence-electron chi connectivity index (χ3n) is 3.44. The number of carboxylic acids is 1. The van der Waals surface area contributed by atoms with Crippen molar-refractivity contribution in [1.82, 2.24) is 20.3 Å². The van der Waals surface area contributed by atoms with Crippen LogP contribution in [0.25, 0.3) is 0 Å². The molecule has 2 N–H and O–H groups in total. The van der Waals surface area contributed by atoms with E-state index in [1.807, 2.05) is 6.92 Å². The number of aliphatic carboxylic acids is 1. The first kappa shape index (κ1) is 11.5. The number of aromatic nitrogens is 3. The normalized spacial score (nSPS) is 34.3. The molecule has 96 valence electrons. The molecule has 0 bridgehead atoms. The fourth-order valence-electron chi connectivity index (χ4n) is 2.67. The molecule has 0 saturated carbocycles. The molecule has 0 aromatic carbocycles. The molecule has 1 amide bonds. The van der Waals surface area contributed by atoms with Crippen molar-refractivity contribution in [3.05, 3.63) is 11.9 Å². The van der Waals surface area contributed by atoms with Gasteiger partial charge in [0.25, 0.3) is 0 Å². The third kappa shape index (κ3) is 1.52. The minimum Gasteiger partial charge on any atom is -0.480 e. The first-order valence-corrected chi connectivity index (χ1v) is 6.46. The van der Waals surface area contributed by atoms with Crippen LogP contribution in [0.5, 0.6) is 0 Å². The molecule has 0 aliphatic carbocycles. The molecule has 2 unspecified atom stereocenters. The molecule has 1 aromatic rings. The number of hydrogen-bond donors (Lipinski definition) is 2. The molecule has 2 saturated heterocycles. The van der Waals surface area contributed by atoms with Crippen LogP contribution in [0, 0.1) is 0 Å². The molecule has 7 nitrogen and oxygen atoms in total. The average Bonchev–Trinajstić information content (AvgIpc) is 2.83. The summed E-state index contributed by atoms with van der Waals surface area (Å²) in [6.45, 7) is 1.87. The predicted octanol–water partition coefficient (Wildman–Crippen LogP) is -0.136. The molecule has 2 aliphatic rings. The van der Waals surface area contributed by atoms with E-state index in [0.717, 1.165) is 0 Å². The predicted molar refractivity (Wildman–Crippen MR) is 62.8 cm³/mol. The van der Waals surface area contributed by atoms with Gasteiger partial charge in [-0.05, 0) is 6.92 Å². The summed E-state index contributed by atoms with van der Waals surface area (Å²) >= 11 is 1.54. The second-order valence-electron chi connectivity index (χ2n) is 4.77. The van der Waals surface area contributed by atoms with Crippen molar-refractivity contribution in [3.63, 3.8) is 0 Å². The van der Waals surface area contributed by atoms with Gasteiger partial charge in [0.15, 0.2) is 0 Å². The first-order valence-electron chi connectivity index (χ1n) is 5.58. The molecule has 2 aliphatic heterocycles. The highest BCUT2D eigenvalue weighted by molar-refractivity contribution is 8.01. The van der Waals surface area contributed by atoms with Gasteiger partial charge in [0.1, 0.15) is 6.04 Å². The van der Waals surface area contributed by atoms with Crippen LogP contribution in [0.4, 0.5) is 0 Å². The highest BCUT2D eigenvalue weighted by atomic mass is 32.2. The van der Waals surface area contributed by atoms with Crippen LogP contribution in [-0.4, -0.2) is 53.5 Å². The average molecular weight is 268 g/mol. The second kappa shape index (κ2) is 3.71. The molecule has 3 heterocycles. The number of rotatable bonds is 3. The van der Waals surface area contributed by atoms with Gasteiger partial charge in [-0.15, -0.1) is 16.9 Å². The number of carboxylic acid groups (broad SMARTS) is 1. The summed E-state index contributed by atoms with van der Waals surface area (Å²) < 4.78 is -0.556. The SMILES string of the molecule is CC1(Cc2c[nH]nn2)S[C@@H]2CC(=O)N2C1C(=O)O. The van der Waals surface area contributed by atoms with Gasteiger partial charge < -0.3 is 10.0 Å². The molecular formula is C10H12N4O3S. The number of aromatic amines is 1. The van der Waals surface area contributed by atoms with E-state index in [0.29, 0.717) is 18.5 Å². The largest absolute Gasteiger partial charge is 0.480 e. The maximum absolute atomic E-state index is 11.5. The summed E-state index contributed by atoms with van der Waals surface area (Å²) in [4.78, 5) is 24.4. The molecular weight excluding hydrogens is 256 g/mol. The summed E-state index contributed by atoms with van der Waals surface area (Å²) in [6, 6.07) is -0.787. The number of β-lactam (4-membered cyclic amide) rings is 1. The number of thioether (sulfide) groups is 1. The lowest BCUT2D eigenvalue weighted by Crippen LogP contribution is -2.57. The van der Waals surface area contributed by atoms with E-state index in [1.165, 1.54) is 4.90 Å². The molecule has 3 rings (SSSR count). The molecule has 0 spiro atoms. The number of H-pyrrole nitrogens is 1. The fourth-order valence-corrected chi connectivity index (χ4v) is 4.44. The number of nitrogens with zero attached hydrogens (tertiary/aromatic N) is 3. The Morgan fingerprint density at radius 3 is 3.11 bits per heavy atom. The van der Waals surface area contributed by atoms with Crippen LogP contribution in [0.15, 0.2) is 6.20 Å². The number of nitrogens with one attached hydrogen (secondary N) is 1. The van der Waals surface area contributed by atoms with Crippen molar-refractivity contribution in [2.24, 2.45) is 0 Å². The Balaban J connectivity index is 1.90. The monoisotopic (exact) mass is 268 g/mol. The Morgan fingerprint density at radius 2 is 2.56 bits per heavy atom. The van der Waals surface area contributed by atoms with E-state index in [1.54, 1.807) is 18.0 Å². The van der Waals surface area contributed by atoms with E-state index in [9.17, 15) is 14.7 Å². The zero-order valence-corrected chi connectivity index (χ0v) is 10.5. The van der Waals surface area contributed by atoms with Gasteiger partial charge in [0.05, 0.1) is 22.2 Å². The minimum absolute atomic E-state index is 0.00417. The fraction of sp³-hybridized carbons (Fsp3) is 0.600. The standard InChI is InChI=1S/C10H12N4O3S/c1-10(3-5-4-11-13-12-5)8(9(16)17)14-6(15)2-7(14)18-10/h4,7-8H,2-3H2,1H3,(H,16,17)(H,11,12,13)/t7-,8?,10?/m1/s1. The summed E-state index contributed by atoms with van der Waals surface area (Å²) in [6.07, 6.45) is 2.57. The van der Waals surface area contributed by atoms with Crippen LogP contribution >= 0.6 is 11.8 Å². The van der Waals surface area contributed by atoms with E-state index in [2.05, 4.69) is 15.4 Å². The van der Waals surface area contributed by atoms with Crippen LogP contribution in [0.1, 0.15) is 19.0 Å². The van der Waals surface area contributed by atoms with E-state index >= 15 is 0 Å². The van der Waals surface area contributed by atoms with Crippen molar-refractivity contribution in [3.8, 4) is 0 Å². The van der Waals surface area contributed by atoms with Crippen molar-refractivity contribution in [2.75, 3.05) is 0 Å². The van der Waals surface area contributed by atoms with Crippen molar-refractivity contribution >= 4 is 23.6 Å². The molecule has 2 fully saturated rings. The van der Waals surface area contributed by atoms with Crippen LogP contribution in [0.2, 0.25) is 0 Å². The van der Waals surface area contributed by atoms with Gasteiger partial charge in [-0.1, -0.05) is 5.21 Å². The summed E-state index contributed by atoms with van der Waals surface area (Å²) in [7, 11) is 0. The van der Waals surface area contributed by atoms with Gasteiger partial charge >= 0.3 is 5.97 Å². The van der Waals surface area contributed by atoms with Crippen LogP contribution in [-0.2, 0) is 16.0 Å². The topological polar surface area (TPSA) is 99.2 Å². The summed E-state index contributed by atoms with van der Waals surface area (Å²) in [5.41, 5.74) is 0.714. The Morgan fingerprint density at radius 1 is 1.78 bits per heavy atom. The van der Waals surface area contributed by atoms with Gasteiger partial charge in [-0.2, -0.15) is 0 Å². The van der Waals surface area contributed by atoms with Gasteiger partial charge in [-0.25, -0.2) is 4.79 Å². The number of hydrogen-bond acceptors (Lipinski definition) is 5. The zero-order chi connectivity index (χ0) is 12.9. The Hall–Kier alpha value is -1.57. The van der Waals surface area contributed by atoms with E-state index < -0.39 is 16.8 Å². The highest BCUT2D eigenvalue weighted by Gasteiger charge is 2.60. The lowest BCUT2D eigenvalue weighted by atomic mass is 9.92. The van der Waals surface area contributed by atoms with Crippen molar-refractivity contribution in [1.29, 1.82) is 0 Å². The van der Waals surface area contributed by atoms with E-state index in [4.69, 9.17) is 0 Å². The highest BCUT2D eigenvalue weighted by Crippen LogP contribution is 2.52. The quantitative estimate of drug-likeness (QED) is 0.740. The molecule has 18 heavy (non-hydrogen) atoms. The first-order chi connectivity index (χ1) is 8.51. The molecule has 0 radical (unpaired) electrons. The lowest BCUT2D eigenvalue weighted by Gasteiger charge is -2.36. The maximum Gasteiger partial charge on any atom is 0.327 e. The Bertz CT molecular complexity index is 505. The van der Waals surface area contributed by atoms with Crippen LogP contribution in [0.3, 0.4) is 0 Å². The van der Waals surface area contributed by atoms with Crippen molar-refractivity contribution in [2.45, 2.75) is 35.9 Å². The molecule has 3 atom stereocenters. The number of carbonyl (C=O) groups excluding carboxylic acids is 1. The third-order valence-corrected chi connectivity index (χ3v) is 5.01. The maximum atomic E-state index is 11.5. The number of amides is 1. The Labute approximate surface area is 107 Å². The van der Waals surface area contributed by atoms with E-state index in [-0.39, 0.29) is 11.3 Å². The zero-order valence-electron chi connectivity index (χ0n) is 9.66. The number of carbonyl (C=O) groups is 2. The summed E-state index contributed by atoms with van der Waals surface area (Å²) in [5, 5.41) is 19.5. The molecule has 1 aromatic heterocycles. The lowest BCUT2D eigenvalue weighted by molar-refractivity contribution is -0.157. The molecule has 8 heteroatoms. The van der Waals surface area contributed by atoms with Gasteiger partial charge in [0.2, 0.25) is 5.91 Å². The number of fused-ring (bicyclic) bond motifs is 1. The smallest absolute Gasteiger partial charge is 0.327 e. The minimum atomic E-state index is -0.955. The summed E-state index contributed by atoms with van der Waals surface area (Å²) in [5.74, 6) is -1.03.